The van der Waals surface area contributed by atoms with Gasteiger partial charge >= 0.3 is 0 Å². The molecule has 1 aliphatic heterocycles. The molecule has 14 heavy (non-hydrogen) atoms. The number of hydrogen-bond acceptors (Lipinski definition) is 4. The van der Waals surface area contributed by atoms with Crippen molar-refractivity contribution in [1.82, 2.24) is 5.32 Å². The molecule has 1 aromatic heterocycles. The zero-order valence-electron chi connectivity index (χ0n) is 7.79. The molecule has 0 saturated heterocycles. The fourth-order valence-electron chi connectivity index (χ4n) is 1.18. The molecule has 0 aliphatic carbocycles. The van der Waals surface area contributed by atoms with Gasteiger partial charge in [0.05, 0.1) is 17.4 Å². The third-order valence-corrected chi connectivity index (χ3v) is 4.13. The Bertz CT molecular complexity index is 348. The van der Waals surface area contributed by atoms with Gasteiger partial charge in [-0.05, 0) is 12.1 Å². The van der Waals surface area contributed by atoms with E-state index in [1.807, 2.05) is 12.1 Å². The molecule has 0 fully saturated rings. The summed E-state index contributed by atoms with van der Waals surface area (Å²) in [5, 5.41) is 4.98. The standard InChI is InChI=1S/C9H11ClN2S2/c1-6-4-11-9(13-6)12-5-7-2-3-8(10)14-7/h2-3,6H,4-5H2,1H3,(H,11,12). The van der Waals surface area contributed by atoms with Crippen LogP contribution in [-0.2, 0) is 6.54 Å². The Labute approximate surface area is 96.8 Å². The molecule has 0 amide bonds. The van der Waals surface area contributed by atoms with Crippen LogP contribution >= 0.6 is 34.7 Å². The van der Waals surface area contributed by atoms with Crippen LogP contribution in [0.25, 0.3) is 0 Å². The van der Waals surface area contributed by atoms with Gasteiger partial charge in [-0.2, -0.15) is 0 Å². The maximum Gasteiger partial charge on any atom is 0.157 e. The summed E-state index contributed by atoms with van der Waals surface area (Å²) in [6, 6.07) is 3.97. The maximum absolute atomic E-state index is 5.83. The molecule has 2 heterocycles. The molecule has 5 heteroatoms. The van der Waals surface area contributed by atoms with E-state index in [0.717, 1.165) is 22.6 Å². The Morgan fingerprint density at radius 3 is 3.07 bits per heavy atom. The summed E-state index contributed by atoms with van der Waals surface area (Å²) >= 11 is 9.25. The molecule has 0 spiro atoms. The highest BCUT2D eigenvalue weighted by molar-refractivity contribution is 8.14. The Morgan fingerprint density at radius 2 is 2.50 bits per heavy atom. The first kappa shape index (κ1) is 10.3. The summed E-state index contributed by atoms with van der Waals surface area (Å²) in [7, 11) is 0. The molecular formula is C9H11ClN2S2. The average Bonchev–Trinajstić information content (AvgIpc) is 2.72. The highest BCUT2D eigenvalue weighted by Gasteiger charge is 2.14. The lowest BCUT2D eigenvalue weighted by atomic mass is 10.5. The van der Waals surface area contributed by atoms with E-state index in [1.54, 1.807) is 23.1 Å². The molecule has 0 bridgehead atoms. The number of rotatable bonds is 2. The second kappa shape index (κ2) is 4.55. The summed E-state index contributed by atoms with van der Waals surface area (Å²) in [6.07, 6.45) is 0. The average molecular weight is 247 g/mol. The lowest BCUT2D eigenvalue weighted by Gasteiger charge is -2.03. The Hall–Kier alpha value is -0.190. The summed E-state index contributed by atoms with van der Waals surface area (Å²) in [5.41, 5.74) is 0. The van der Waals surface area contributed by atoms with Gasteiger partial charge in [0.1, 0.15) is 0 Å². The van der Waals surface area contributed by atoms with E-state index >= 15 is 0 Å². The predicted octanol–water partition coefficient (Wildman–Crippen LogP) is 2.98. The number of aliphatic imine (C=N–C) groups is 1. The second-order valence-electron chi connectivity index (χ2n) is 3.13. The predicted molar refractivity (Wildman–Crippen MR) is 65.5 cm³/mol. The monoisotopic (exact) mass is 246 g/mol. The van der Waals surface area contributed by atoms with Crippen LogP contribution in [0, 0.1) is 0 Å². The van der Waals surface area contributed by atoms with Crippen LogP contribution in [0.15, 0.2) is 17.1 Å². The number of thiophene rings is 1. The molecule has 2 nitrogen and oxygen atoms in total. The van der Waals surface area contributed by atoms with Gasteiger partial charge in [-0.3, -0.25) is 4.99 Å². The van der Waals surface area contributed by atoms with Gasteiger partial charge in [0.2, 0.25) is 0 Å². The topological polar surface area (TPSA) is 24.4 Å². The van der Waals surface area contributed by atoms with Gasteiger partial charge in [0, 0.05) is 10.1 Å². The van der Waals surface area contributed by atoms with Gasteiger partial charge in [0.15, 0.2) is 5.17 Å². The largest absolute Gasteiger partial charge is 0.360 e. The molecule has 1 aromatic rings. The minimum absolute atomic E-state index is 0.615. The van der Waals surface area contributed by atoms with Gasteiger partial charge in [-0.15, -0.1) is 11.3 Å². The zero-order chi connectivity index (χ0) is 9.97. The van der Waals surface area contributed by atoms with E-state index in [2.05, 4.69) is 17.2 Å². The number of halogens is 1. The van der Waals surface area contributed by atoms with Crippen LogP contribution in [-0.4, -0.2) is 17.0 Å². The van der Waals surface area contributed by atoms with E-state index < -0.39 is 0 Å². The van der Waals surface area contributed by atoms with Crippen molar-refractivity contribution in [3.8, 4) is 0 Å². The smallest absolute Gasteiger partial charge is 0.157 e. The van der Waals surface area contributed by atoms with E-state index in [9.17, 15) is 0 Å². The SMILES string of the molecule is CC1CN=C(NCc2ccc(Cl)s2)S1. The lowest BCUT2D eigenvalue weighted by molar-refractivity contribution is 0.928. The normalized spacial score (nSPS) is 21.0. The van der Waals surface area contributed by atoms with Crippen molar-refractivity contribution in [3.05, 3.63) is 21.3 Å². The van der Waals surface area contributed by atoms with Crippen molar-refractivity contribution in [2.24, 2.45) is 4.99 Å². The first-order chi connectivity index (χ1) is 6.74. The van der Waals surface area contributed by atoms with Gasteiger partial charge in [0.25, 0.3) is 0 Å². The van der Waals surface area contributed by atoms with E-state index in [-0.39, 0.29) is 0 Å². The van der Waals surface area contributed by atoms with Gasteiger partial charge in [-0.1, -0.05) is 30.3 Å². The Morgan fingerprint density at radius 1 is 1.64 bits per heavy atom. The van der Waals surface area contributed by atoms with Crippen LogP contribution in [0.1, 0.15) is 11.8 Å². The van der Waals surface area contributed by atoms with Crippen LogP contribution in [0.4, 0.5) is 0 Å². The van der Waals surface area contributed by atoms with Crippen molar-refractivity contribution < 1.29 is 0 Å². The van der Waals surface area contributed by atoms with Crippen molar-refractivity contribution in [2.45, 2.75) is 18.7 Å². The van der Waals surface area contributed by atoms with E-state index in [1.165, 1.54) is 4.88 Å². The molecule has 1 N–H and O–H groups in total. The number of amidine groups is 1. The summed E-state index contributed by atoms with van der Waals surface area (Å²) in [4.78, 5) is 5.63. The van der Waals surface area contributed by atoms with Crippen molar-refractivity contribution in [1.29, 1.82) is 0 Å². The van der Waals surface area contributed by atoms with Crippen LogP contribution in [0.2, 0.25) is 4.34 Å². The molecule has 0 radical (unpaired) electrons. The highest BCUT2D eigenvalue weighted by atomic mass is 35.5. The molecular weight excluding hydrogens is 236 g/mol. The van der Waals surface area contributed by atoms with Crippen LogP contribution in [0.5, 0.6) is 0 Å². The maximum atomic E-state index is 5.83. The quantitative estimate of drug-likeness (QED) is 0.868. The minimum atomic E-state index is 0.615. The molecule has 1 aliphatic rings. The van der Waals surface area contributed by atoms with Crippen LogP contribution < -0.4 is 5.32 Å². The van der Waals surface area contributed by atoms with Crippen molar-refractivity contribution in [2.75, 3.05) is 6.54 Å². The molecule has 0 saturated carbocycles. The number of thioether (sulfide) groups is 1. The fourth-order valence-corrected chi connectivity index (χ4v) is 3.05. The number of hydrogen-bond donors (Lipinski definition) is 1. The number of nitrogens with zero attached hydrogens (tertiary/aromatic N) is 1. The molecule has 2 rings (SSSR count). The Balaban J connectivity index is 1.83. The third-order valence-electron chi connectivity index (χ3n) is 1.85. The van der Waals surface area contributed by atoms with Crippen molar-refractivity contribution >= 4 is 39.9 Å². The second-order valence-corrected chi connectivity index (χ2v) is 6.36. The van der Waals surface area contributed by atoms with E-state index in [0.29, 0.717) is 5.25 Å². The third kappa shape index (κ3) is 2.65. The first-order valence-electron chi connectivity index (χ1n) is 4.43. The van der Waals surface area contributed by atoms with Crippen molar-refractivity contribution in [3.63, 3.8) is 0 Å². The fraction of sp³-hybridized carbons (Fsp3) is 0.444. The minimum Gasteiger partial charge on any atom is -0.360 e. The van der Waals surface area contributed by atoms with Gasteiger partial charge < -0.3 is 5.32 Å². The van der Waals surface area contributed by atoms with Gasteiger partial charge in [-0.25, -0.2) is 0 Å². The first-order valence-corrected chi connectivity index (χ1v) is 6.50. The van der Waals surface area contributed by atoms with Crippen LogP contribution in [0.3, 0.4) is 0 Å². The molecule has 76 valence electrons. The number of nitrogens with one attached hydrogen (secondary N) is 1. The molecule has 1 unspecified atom stereocenters. The summed E-state index contributed by atoms with van der Waals surface area (Å²) < 4.78 is 0.844. The lowest BCUT2D eigenvalue weighted by Crippen LogP contribution is -2.17. The highest BCUT2D eigenvalue weighted by Crippen LogP contribution is 2.22. The Kier molecular flexibility index (Phi) is 3.36. The van der Waals surface area contributed by atoms with E-state index in [4.69, 9.17) is 11.6 Å². The summed E-state index contributed by atoms with van der Waals surface area (Å²) in [6.45, 7) is 3.94. The molecule has 1 atom stereocenters. The molecule has 0 aromatic carbocycles. The zero-order valence-corrected chi connectivity index (χ0v) is 10.2. The summed E-state index contributed by atoms with van der Waals surface area (Å²) in [5.74, 6) is 0.